The minimum absolute atomic E-state index is 0.0164. The average molecular weight is 422 g/mol. The number of anilines is 1. The van der Waals surface area contributed by atoms with Crippen molar-refractivity contribution in [2.45, 2.75) is 38.0 Å². The van der Waals surface area contributed by atoms with Crippen LogP contribution in [-0.4, -0.2) is 48.9 Å². The molecule has 1 N–H and O–H groups in total. The SMILES string of the molecule is CC(=O)c1sc(NCC(=O)c2ccc(S(=O)(=O)N3CCCCC3)cc2)nc1C. The lowest BCUT2D eigenvalue weighted by atomic mass is 10.1. The highest BCUT2D eigenvalue weighted by atomic mass is 32.2. The number of benzene rings is 1. The summed E-state index contributed by atoms with van der Waals surface area (Å²) in [6.45, 7) is 4.34. The largest absolute Gasteiger partial charge is 0.354 e. The van der Waals surface area contributed by atoms with E-state index in [-0.39, 0.29) is 23.0 Å². The second kappa shape index (κ2) is 8.50. The first-order chi connectivity index (χ1) is 13.3. The molecule has 1 aromatic carbocycles. The van der Waals surface area contributed by atoms with Gasteiger partial charge in [-0.05, 0) is 44.0 Å². The summed E-state index contributed by atoms with van der Waals surface area (Å²) in [6.07, 6.45) is 2.81. The van der Waals surface area contributed by atoms with Crippen LogP contribution in [0.15, 0.2) is 29.2 Å². The Morgan fingerprint density at radius 2 is 1.79 bits per heavy atom. The fraction of sp³-hybridized carbons (Fsp3) is 0.421. The number of carbonyl (C=O) groups is 2. The van der Waals surface area contributed by atoms with Gasteiger partial charge in [0.25, 0.3) is 0 Å². The van der Waals surface area contributed by atoms with Gasteiger partial charge in [-0.25, -0.2) is 13.4 Å². The van der Waals surface area contributed by atoms with Gasteiger partial charge in [-0.2, -0.15) is 4.31 Å². The van der Waals surface area contributed by atoms with Crippen LogP contribution < -0.4 is 5.32 Å². The zero-order valence-electron chi connectivity index (χ0n) is 15.9. The molecule has 7 nitrogen and oxygen atoms in total. The molecule has 9 heteroatoms. The molecule has 1 fully saturated rings. The van der Waals surface area contributed by atoms with Crippen LogP contribution in [0.3, 0.4) is 0 Å². The summed E-state index contributed by atoms with van der Waals surface area (Å²) in [5.41, 5.74) is 1.06. The summed E-state index contributed by atoms with van der Waals surface area (Å²) in [6, 6.07) is 6.04. The number of aromatic nitrogens is 1. The number of sulfonamides is 1. The molecule has 0 spiro atoms. The molecular formula is C19H23N3O4S2. The van der Waals surface area contributed by atoms with E-state index < -0.39 is 10.0 Å². The number of thiazole rings is 1. The molecule has 2 aromatic rings. The van der Waals surface area contributed by atoms with E-state index in [0.717, 1.165) is 19.3 Å². The van der Waals surface area contributed by atoms with Crippen molar-refractivity contribution < 1.29 is 18.0 Å². The monoisotopic (exact) mass is 421 g/mol. The van der Waals surface area contributed by atoms with Crippen molar-refractivity contribution in [1.29, 1.82) is 0 Å². The Labute approximate surface area is 168 Å². The maximum absolute atomic E-state index is 12.7. The third kappa shape index (κ3) is 4.48. The van der Waals surface area contributed by atoms with Crippen LogP contribution in [0.5, 0.6) is 0 Å². The molecule has 2 heterocycles. The molecule has 28 heavy (non-hydrogen) atoms. The highest BCUT2D eigenvalue weighted by Crippen LogP contribution is 2.23. The van der Waals surface area contributed by atoms with E-state index in [1.54, 1.807) is 6.92 Å². The first-order valence-electron chi connectivity index (χ1n) is 9.14. The van der Waals surface area contributed by atoms with Crippen LogP contribution in [0, 0.1) is 6.92 Å². The summed E-state index contributed by atoms with van der Waals surface area (Å²) in [5, 5.41) is 3.45. The lowest BCUT2D eigenvalue weighted by Gasteiger charge is -2.25. The minimum Gasteiger partial charge on any atom is -0.354 e. The average Bonchev–Trinajstić information content (AvgIpc) is 3.08. The van der Waals surface area contributed by atoms with Gasteiger partial charge in [-0.3, -0.25) is 9.59 Å². The van der Waals surface area contributed by atoms with Gasteiger partial charge >= 0.3 is 0 Å². The number of rotatable bonds is 7. The predicted octanol–water partition coefficient (Wildman–Crippen LogP) is 3.12. The van der Waals surface area contributed by atoms with Gasteiger partial charge in [0, 0.05) is 25.6 Å². The molecule has 0 radical (unpaired) electrons. The van der Waals surface area contributed by atoms with Gasteiger partial charge in [0.2, 0.25) is 10.0 Å². The van der Waals surface area contributed by atoms with Crippen molar-refractivity contribution in [3.8, 4) is 0 Å². The van der Waals surface area contributed by atoms with Crippen molar-refractivity contribution in [3.63, 3.8) is 0 Å². The van der Waals surface area contributed by atoms with E-state index in [2.05, 4.69) is 10.3 Å². The van der Waals surface area contributed by atoms with Gasteiger partial charge in [0.05, 0.1) is 22.0 Å². The van der Waals surface area contributed by atoms with Gasteiger partial charge in [-0.1, -0.05) is 17.8 Å². The van der Waals surface area contributed by atoms with Crippen molar-refractivity contribution in [2.75, 3.05) is 25.0 Å². The number of Topliss-reactive ketones (excluding diaryl/α,β-unsaturated/α-hetero) is 2. The Hall–Kier alpha value is -2.10. The second-order valence-corrected chi connectivity index (χ2v) is 9.69. The molecule has 0 atom stereocenters. The Morgan fingerprint density at radius 3 is 2.36 bits per heavy atom. The molecule has 0 aliphatic carbocycles. The Bertz CT molecular complexity index is 975. The molecule has 1 saturated heterocycles. The summed E-state index contributed by atoms with van der Waals surface area (Å²) in [4.78, 5) is 28.9. The maximum Gasteiger partial charge on any atom is 0.243 e. The Morgan fingerprint density at radius 1 is 1.14 bits per heavy atom. The highest BCUT2D eigenvalue weighted by Gasteiger charge is 2.26. The van der Waals surface area contributed by atoms with E-state index in [1.807, 2.05) is 0 Å². The van der Waals surface area contributed by atoms with Crippen LogP contribution >= 0.6 is 11.3 Å². The molecule has 150 valence electrons. The number of hydrogen-bond acceptors (Lipinski definition) is 7. The molecule has 3 rings (SSSR count). The maximum atomic E-state index is 12.7. The fourth-order valence-corrected chi connectivity index (χ4v) is 5.50. The van der Waals surface area contributed by atoms with Gasteiger partial charge < -0.3 is 5.32 Å². The molecule has 1 aliphatic rings. The standard InChI is InChI=1S/C19H23N3O4S2/c1-13-18(14(2)23)27-19(21-13)20-12-17(24)15-6-8-16(9-7-15)28(25,26)22-10-4-3-5-11-22/h6-9H,3-5,10-12H2,1-2H3,(H,20,21). The van der Waals surface area contributed by atoms with Crippen LogP contribution in [-0.2, 0) is 10.0 Å². The highest BCUT2D eigenvalue weighted by molar-refractivity contribution is 7.89. The Balaban J connectivity index is 1.65. The lowest BCUT2D eigenvalue weighted by Crippen LogP contribution is -2.35. The van der Waals surface area contributed by atoms with E-state index in [0.29, 0.717) is 34.4 Å². The molecular weight excluding hydrogens is 398 g/mol. The predicted molar refractivity (Wildman–Crippen MR) is 109 cm³/mol. The third-order valence-electron chi connectivity index (χ3n) is 4.65. The van der Waals surface area contributed by atoms with Crippen LogP contribution in [0.25, 0.3) is 0 Å². The van der Waals surface area contributed by atoms with Crippen molar-refractivity contribution in [3.05, 3.63) is 40.4 Å². The third-order valence-corrected chi connectivity index (χ3v) is 7.77. The molecule has 1 aromatic heterocycles. The van der Waals surface area contributed by atoms with E-state index in [1.165, 1.54) is 46.8 Å². The molecule has 0 amide bonds. The number of nitrogens with one attached hydrogen (secondary N) is 1. The second-order valence-electron chi connectivity index (χ2n) is 6.76. The number of hydrogen-bond donors (Lipinski definition) is 1. The van der Waals surface area contributed by atoms with E-state index in [9.17, 15) is 18.0 Å². The summed E-state index contributed by atoms with van der Waals surface area (Å²) in [5.74, 6) is -0.237. The molecule has 0 bridgehead atoms. The number of nitrogens with zero attached hydrogens (tertiary/aromatic N) is 2. The van der Waals surface area contributed by atoms with Gasteiger partial charge in [-0.15, -0.1) is 0 Å². The summed E-state index contributed by atoms with van der Waals surface area (Å²) >= 11 is 1.22. The topological polar surface area (TPSA) is 96.4 Å². The fourth-order valence-electron chi connectivity index (χ4n) is 3.12. The van der Waals surface area contributed by atoms with E-state index >= 15 is 0 Å². The number of ketones is 2. The van der Waals surface area contributed by atoms with Crippen molar-refractivity contribution in [1.82, 2.24) is 9.29 Å². The zero-order valence-corrected chi connectivity index (χ0v) is 17.5. The van der Waals surface area contributed by atoms with E-state index in [4.69, 9.17) is 0 Å². The van der Waals surface area contributed by atoms with Crippen molar-refractivity contribution >= 4 is 38.1 Å². The first kappa shape index (κ1) is 20.6. The Kier molecular flexibility index (Phi) is 6.26. The van der Waals surface area contributed by atoms with Gasteiger partial charge in [0.1, 0.15) is 0 Å². The molecule has 0 unspecified atom stereocenters. The molecule has 0 saturated carbocycles. The summed E-state index contributed by atoms with van der Waals surface area (Å²) < 4.78 is 26.8. The van der Waals surface area contributed by atoms with Crippen molar-refractivity contribution in [2.24, 2.45) is 0 Å². The van der Waals surface area contributed by atoms with Crippen LogP contribution in [0.2, 0.25) is 0 Å². The van der Waals surface area contributed by atoms with Gasteiger partial charge in [0.15, 0.2) is 16.7 Å². The summed E-state index contributed by atoms with van der Waals surface area (Å²) in [7, 11) is -3.50. The smallest absolute Gasteiger partial charge is 0.243 e. The quantitative estimate of drug-likeness (QED) is 0.690. The number of carbonyl (C=O) groups excluding carboxylic acids is 2. The minimum atomic E-state index is -3.50. The van der Waals surface area contributed by atoms with Crippen LogP contribution in [0.1, 0.15) is 51.9 Å². The van der Waals surface area contributed by atoms with Crippen LogP contribution in [0.4, 0.5) is 5.13 Å². The lowest BCUT2D eigenvalue weighted by molar-refractivity contribution is 0.100. The molecule has 1 aliphatic heterocycles. The normalized spacial score (nSPS) is 15.4. The zero-order chi connectivity index (χ0) is 20.3. The first-order valence-corrected chi connectivity index (χ1v) is 11.4. The number of piperidine rings is 1. The number of aryl methyl sites for hydroxylation is 1.